The van der Waals surface area contributed by atoms with Gasteiger partial charge in [-0.15, -0.1) is 0 Å². The Bertz CT molecular complexity index is 4730. The fraction of sp³-hybridized carbons (Fsp3) is 0.178. The van der Waals surface area contributed by atoms with Crippen LogP contribution in [0.15, 0.2) is 218 Å². The Balaban J connectivity index is 1.03. The van der Waals surface area contributed by atoms with Crippen molar-refractivity contribution in [2.45, 2.75) is 85.0 Å². The van der Waals surface area contributed by atoms with Gasteiger partial charge < -0.3 is 9.30 Å². The summed E-state index contributed by atoms with van der Waals surface area (Å²) in [5.74, 6) is 1.10. The van der Waals surface area contributed by atoms with E-state index in [2.05, 4.69) is 186 Å². The summed E-state index contributed by atoms with van der Waals surface area (Å²) in [6, 6.07) is 60.5. The van der Waals surface area contributed by atoms with Crippen molar-refractivity contribution < 1.29 is 17.5 Å². The zero-order valence-electron chi connectivity index (χ0n) is 52.0. The minimum atomic E-state index is -0.782. The van der Waals surface area contributed by atoms with E-state index < -0.39 is 24.0 Å². The quantitative estimate of drug-likeness (QED) is 0.0957. The fourth-order valence-electron chi connectivity index (χ4n) is 11.6. The molecule has 79 heavy (non-hydrogen) atoms. The molecular formula is C73H65N5O. The first-order valence-electron chi connectivity index (χ1n) is 30.4. The lowest BCUT2D eigenvalue weighted by molar-refractivity contribution is -0.571. The van der Waals surface area contributed by atoms with Gasteiger partial charge >= 0.3 is 0 Å². The van der Waals surface area contributed by atoms with Crippen molar-refractivity contribution in [3.05, 3.63) is 241 Å². The van der Waals surface area contributed by atoms with Crippen LogP contribution < -0.4 is 9.30 Å². The van der Waals surface area contributed by atoms with Crippen molar-refractivity contribution >= 4 is 54.6 Å². The van der Waals surface area contributed by atoms with Gasteiger partial charge in [0.25, 0.3) is 6.33 Å². The zero-order valence-corrected chi connectivity index (χ0v) is 46.0. The molecule has 0 unspecified atom stereocenters. The molecule has 0 saturated carbocycles. The van der Waals surface area contributed by atoms with Crippen LogP contribution in [0.4, 0.5) is 0 Å². The fourth-order valence-corrected chi connectivity index (χ4v) is 11.6. The third-order valence-corrected chi connectivity index (χ3v) is 15.7. The van der Waals surface area contributed by atoms with Gasteiger partial charge in [0.15, 0.2) is 0 Å². The van der Waals surface area contributed by atoms with Crippen LogP contribution in [0.3, 0.4) is 0 Å². The molecule has 9 aromatic carbocycles. The Kier molecular flexibility index (Phi) is 10.6. The van der Waals surface area contributed by atoms with E-state index in [9.17, 15) is 4.11 Å². The van der Waals surface area contributed by atoms with Gasteiger partial charge in [0.2, 0.25) is 0 Å². The van der Waals surface area contributed by atoms with E-state index in [1.165, 1.54) is 0 Å². The van der Waals surface area contributed by atoms with Crippen LogP contribution in [0.1, 0.15) is 99.0 Å². The number of benzene rings is 9. The second-order valence-electron chi connectivity index (χ2n) is 22.6. The molecule has 4 heterocycles. The molecule has 4 aromatic heterocycles. The summed E-state index contributed by atoms with van der Waals surface area (Å²) in [6.45, 7) is 17.4. The highest BCUT2D eigenvalue weighted by Gasteiger charge is 2.26. The maximum absolute atomic E-state index is 9.50. The van der Waals surface area contributed by atoms with E-state index in [1.54, 1.807) is 0 Å². The summed E-state index contributed by atoms with van der Waals surface area (Å²) < 4.78 is 70.1. The number of rotatable bonds is 11. The number of fused-ring (bicyclic) bond motifs is 7. The van der Waals surface area contributed by atoms with E-state index in [4.69, 9.17) is 13.8 Å². The molecular weight excluding hydrogens is 963 g/mol. The predicted octanol–water partition coefficient (Wildman–Crippen LogP) is 18.9. The summed E-state index contributed by atoms with van der Waals surface area (Å²) >= 11 is 0. The smallest absolute Gasteiger partial charge is 0.269 e. The van der Waals surface area contributed by atoms with Gasteiger partial charge in [-0.3, -0.25) is 13.7 Å². The minimum Gasteiger partial charge on any atom is -0.458 e. The van der Waals surface area contributed by atoms with Gasteiger partial charge in [0, 0.05) is 41.2 Å². The molecule has 6 nitrogen and oxygen atoms in total. The van der Waals surface area contributed by atoms with Crippen LogP contribution in [0.25, 0.3) is 99.8 Å². The molecule has 388 valence electrons. The largest absolute Gasteiger partial charge is 0.458 e. The van der Waals surface area contributed by atoms with Crippen molar-refractivity contribution in [2.24, 2.45) is 0 Å². The molecule has 0 aliphatic heterocycles. The standard InChI is InChI=1S/C73H65N5O/c1-9-48(10-2)50-38-39-74-69(42-50)78-64-35-19-16-30-61(64)70-67(77-62-33-17-14-28-59(62)60-29-15-18-34-63(60)77)45-56(46-68(70)78)79-55-27-22-26-54(44-55)75-47-76(66-37-21-20-36-65(66)75)71-57(49-24-12-11-13-25-49)31-23-32-58(71)51-40-52(72(3,4)5)43-53(41-51)73(6,7)8/h11-46,48H,9-10H2,1-8H3/i11D,12D,13D,24D,25D,48D. The van der Waals surface area contributed by atoms with Gasteiger partial charge in [-0.05, 0) is 117 Å². The zero-order chi connectivity index (χ0) is 59.4. The third kappa shape index (κ3) is 8.67. The molecule has 0 spiro atoms. The van der Waals surface area contributed by atoms with Crippen LogP contribution in [0.2, 0.25) is 0 Å². The molecule has 0 N–H and O–H groups in total. The number of pyridine rings is 1. The van der Waals surface area contributed by atoms with Crippen molar-refractivity contribution in [1.29, 1.82) is 0 Å². The summed E-state index contributed by atoms with van der Waals surface area (Å²) in [5, 5.41) is 4.35. The Hall–Kier alpha value is -9.00. The van der Waals surface area contributed by atoms with Crippen LogP contribution in [0, 0.1) is 6.33 Å². The summed E-state index contributed by atoms with van der Waals surface area (Å²) in [5.41, 5.74) is 13.0. The van der Waals surface area contributed by atoms with Gasteiger partial charge in [-0.25, -0.2) is 4.98 Å². The van der Waals surface area contributed by atoms with E-state index in [0.717, 1.165) is 93.8 Å². The number of imidazole rings is 1. The highest BCUT2D eigenvalue weighted by Crippen LogP contribution is 2.44. The second kappa shape index (κ2) is 19.5. The average Bonchev–Trinajstić information content (AvgIpc) is 1.92. The number of ether oxygens (including phenoxy) is 1. The van der Waals surface area contributed by atoms with Crippen LogP contribution >= 0.6 is 0 Å². The van der Waals surface area contributed by atoms with Gasteiger partial charge in [-0.2, -0.15) is 0 Å². The molecule has 0 amide bonds. The molecule has 0 aliphatic rings. The summed E-state index contributed by atoms with van der Waals surface area (Å²) in [4.78, 5) is 5.04. The molecule has 0 fully saturated rings. The van der Waals surface area contributed by atoms with E-state index in [0.29, 0.717) is 41.4 Å². The van der Waals surface area contributed by atoms with Crippen molar-refractivity contribution in [1.82, 2.24) is 18.7 Å². The second-order valence-corrected chi connectivity index (χ2v) is 22.6. The number of hydrogen-bond donors (Lipinski definition) is 0. The number of hydrogen-bond acceptors (Lipinski definition) is 2. The lowest BCUT2D eigenvalue weighted by Gasteiger charge is -2.27. The maximum atomic E-state index is 9.50. The number of nitrogens with zero attached hydrogens (tertiary/aromatic N) is 5. The van der Waals surface area contributed by atoms with Gasteiger partial charge in [0.05, 0.1) is 57.0 Å². The Labute approximate surface area is 471 Å². The highest BCUT2D eigenvalue weighted by atomic mass is 16.5. The molecule has 6 heteroatoms. The number of para-hydroxylation sites is 6. The molecule has 0 saturated heterocycles. The predicted molar refractivity (Wildman–Crippen MR) is 328 cm³/mol. The van der Waals surface area contributed by atoms with E-state index in [1.807, 2.05) is 82.1 Å². The minimum absolute atomic E-state index is 0.102. The number of aromatic nitrogens is 5. The SMILES string of the molecule is [2H]c1c([2H])c([2H])c(-c2cccc(-c3cc(C(C)(C)C)cc(C(C)(C)C)c3)c2-[n+]2[c-]n(-c3cccc(Oc4cc(-n5c6ccccc6c6ccccc65)c5c6ccccc6n(-c6cc(C([2H])(CC)CC)ccn6)c5c4)c3)c3ccccc32)c([2H])c1[2H]. The monoisotopic (exact) mass is 1030 g/mol. The first-order chi connectivity index (χ1) is 40.8. The summed E-state index contributed by atoms with van der Waals surface area (Å²) in [6.07, 6.45) is 6.90. The Morgan fingerprint density at radius 1 is 0.557 bits per heavy atom. The molecule has 0 atom stereocenters. The Morgan fingerprint density at radius 3 is 1.81 bits per heavy atom. The molecule has 0 aliphatic carbocycles. The lowest BCUT2D eigenvalue weighted by atomic mass is 9.78. The van der Waals surface area contributed by atoms with Crippen LogP contribution in [-0.4, -0.2) is 18.7 Å². The normalized spacial score (nSPS) is 13.5. The van der Waals surface area contributed by atoms with Crippen molar-refractivity contribution in [3.63, 3.8) is 0 Å². The highest BCUT2D eigenvalue weighted by molar-refractivity contribution is 6.16. The van der Waals surface area contributed by atoms with Gasteiger partial charge in [0.1, 0.15) is 17.3 Å². The third-order valence-electron chi connectivity index (χ3n) is 15.7. The molecule has 0 bridgehead atoms. The van der Waals surface area contributed by atoms with Gasteiger partial charge in [-0.1, -0.05) is 207 Å². The van der Waals surface area contributed by atoms with Crippen LogP contribution in [0.5, 0.6) is 11.5 Å². The topological polar surface area (TPSA) is 40.8 Å². The van der Waals surface area contributed by atoms with E-state index in [-0.39, 0.29) is 28.5 Å². The maximum Gasteiger partial charge on any atom is 0.269 e. The summed E-state index contributed by atoms with van der Waals surface area (Å²) in [7, 11) is 0. The van der Waals surface area contributed by atoms with E-state index >= 15 is 0 Å². The first-order valence-corrected chi connectivity index (χ1v) is 27.4. The van der Waals surface area contributed by atoms with Crippen molar-refractivity contribution in [2.75, 3.05) is 0 Å². The Morgan fingerprint density at radius 2 is 1.15 bits per heavy atom. The molecule has 13 aromatic rings. The lowest BCUT2D eigenvalue weighted by Crippen LogP contribution is -2.31. The molecule has 0 radical (unpaired) electrons. The average molecular weight is 1030 g/mol. The first kappa shape index (κ1) is 43.0. The molecule has 13 rings (SSSR count). The van der Waals surface area contributed by atoms with Crippen LogP contribution in [-0.2, 0) is 10.8 Å². The van der Waals surface area contributed by atoms with Crippen molar-refractivity contribution in [3.8, 4) is 56.6 Å².